The van der Waals surface area contributed by atoms with Crippen LogP contribution in [-0.2, 0) is 4.74 Å². The Balaban J connectivity index is 2.32. The predicted octanol–water partition coefficient (Wildman–Crippen LogP) is 2.99. The van der Waals surface area contributed by atoms with Crippen LogP contribution in [0.15, 0.2) is 12.1 Å². The van der Waals surface area contributed by atoms with E-state index in [1.165, 1.54) is 26.4 Å². The van der Waals surface area contributed by atoms with Gasteiger partial charge in [-0.15, -0.1) is 0 Å². The lowest BCUT2D eigenvalue weighted by molar-refractivity contribution is 0.0602. The van der Waals surface area contributed by atoms with Gasteiger partial charge >= 0.3 is 5.97 Å². The van der Waals surface area contributed by atoms with Crippen molar-refractivity contribution >= 4 is 17.3 Å². The number of nitrogens with two attached hydrogens (primary N) is 1. The molecule has 1 aromatic carbocycles. The SMILES string of the molecule is CCC1CCCN(c2cc(C)c(N)c(C(=O)OC)c2)C1. The van der Waals surface area contributed by atoms with Gasteiger partial charge in [0.1, 0.15) is 0 Å². The molecule has 0 aliphatic carbocycles. The van der Waals surface area contributed by atoms with Gasteiger partial charge in [-0.2, -0.15) is 0 Å². The van der Waals surface area contributed by atoms with E-state index in [1.54, 1.807) is 0 Å². The van der Waals surface area contributed by atoms with Gasteiger partial charge in [-0.3, -0.25) is 0 Å². The number of methoxy groups -OCH3 is 1. The van der Waals surface area contributed by atoms with Crippen molar-refractivity contribution in [3.8, 4) is 0 Å². The molecule has 20 heavy (non-hydrogen) atoms. The van der Waals surface area contributed by atoms with E-state index >= 15 is 0 Å². The number of esters is 1. The van der Waals surface area contributed by atoms with Crippen molar-refractivity contribution in [3.63, 3.8) is 0 Å². The third-order valence-electron chi connectivity index (χ3n) is 4.24. The van der Waals surface area contributed by atoms with Crippen molar-refractivity contribution in [1.29, 1.82) is 0 Å². The Hall–Kier alpha value is -1.71. The first-order valence-electron chi connectivity index (χ1n) is 7.30. The maximum atomic E-state index is 11.8. The summed E-state index contributed by atoms with van der Waals surface area (Å²) < 4.78 is 4.82. The molecule has 0 saturated carbocycles. The number of benzene rings is 1. The number of ether oxygens (including phenoxy) is 1. The Morgan fingerprint density at radius 2 is 2.25 bits per heavy atom. The second-order valence-electron chi connectivity index (χ2n) is 5.58. The molecule has 4 heteroatoms. The van der Waals surface area contributed by atoms with Gasteiger partial charge in [0.05, 0.1) is 12.7 Å². The second kappa shape index (κ2) is 6.16. The zero-order valence-corrected chi connectivity index (χ0v) is 12.6. The number of nitrogens with zero attached hydrogens (tertiary/aromatic N) is 1. The van der Waals surface area contributed by atoms with E-state index in [-0.39, 0.29) is 5.97 Å². The topological polar surface area (TPSA) is 55.6 Å². The molecule has 0 radical (unpaired) electrons. The van der Waals surface area contributed by atoms with Crippen LogP contribution in [0.25, 0.3) is 0 Å². The molecular weight excluding hydrogens is 252 g/mol. The van der Waals surface area contributed by atoms with Crippen LogP contribution in [0.2, 0.25) is 0 Å². The number of hydrogen-bond acceptors (Lipinski definition) is 4. The number of anilines is 2. The van der Waals surface area contributed by atoms with Crippen molar-refractivity contribution < 1.29 is 9.53 Å². The lowest BCUT2D eigenvalue weighted by Crippen LogP contribution is -2.35. The smallest absolute Gasteiger partial charge is 0.340 e. The molecule has 0 bridgehead atoms. The number of carbonyl (C=O) groups excluding carboxylic acids is 1. The highest BCUT2D eigenvalue weighted by Crippen LogP contribution is 2.30. The number of aryl methyl sites for hydroxylation is 1. The molecule has 2 N–H and O–H groups in total. The van der Waals surface area contributed by atoms with E-state index in [1.807, 2.05) is 13.0 Å². The first-order valence-corrected chi connectivity index (χ1v) is 7.30. The fourth-order valence-electron chi connectivity index (χ4n) is 2.87. The van der Waals surface area contributed by atoms with E-state index in [0.717, 1.165) is 30.3 Å². The van der Waals surface area contributed by atoms with Crippen LogP contribution in [0.3, 0.4) is 0 Å². The minimum absolute atomic E-state index is 0.364. The Labute approximate surface area is 120 Å². The first-order chi connectivity index (χ1) is 9.56. The monoisotopic (exact) mass is 276 g/mol. The van der Waals surface area contributed by atoms with Crippen LogP contribution in [0, 0.1) is 12.8 Å². The summed E-state index contributed by atoms with van der Waals surface area (Å²) in [5.41, 5.74) is 8.99. The van der Waals surface area contributed by atoms with Crippen molar-refractivity contribution in [1.82, 2.24) is 0 Å². The normalized spacial score (nSPS) is 18.9. The van der Waals surface area contributed by atoms with E-state index in [9.17, 15) is 4.79 Å². The highest BCUT2D eigenvalue weighted by molar-refractivity contribution is 5.97. The van der Waals surface area contributed by atoms with Gasteiger partial charge in [-0.25, -0.2) is 4.79 Å². The third-order valence-corrected chi connectivity index (χ3v) is 4.24. The average Bonchev–Trinajstić information content (AvgIpc) is 2.49. The van der Waals surface area contributed by atoms with E-state index in [4.69, 9.17) is 10.5 Å². The summed E-state index contributed by atoms with van der Waals surface area (Å²) in [7, 11) is 1.39. The van der Waals surface area contributed by atoms with Gasteiger partial charge in [-0.05, 0) is 43.4 Å². The predicted molar refractivity (Wildman–Crippen MR) is 82.2 cm³/mol. The second-order valence-corrected chi connectivity index (χ2v) is 5.58. The molecule has 1 aromatic rings. The highest BCUT2D eigenvalue weighted by Gasteiger charge is 2.21. The molecule has 1 aliphatic heterocycles. The summed E-state index contributed by atoms with van der Waals surface area (Å²) >= 11 is 0. The van der Waals surface area contributed by atoms with Gasteiger partial charge in [0.15, 0.2) is 0 Å². The third kappa shape index (κ3) is 2.89. The quantitative estimate of drug-likeness (QED) is 0.681. The number of piperidine rings is 1. The number of nitrogen functional groups attached to an aromatic ring is 1. The van der Waals surface area contributed by atoms with Crippen molar-refractivity contribution in [2.24, 2.45) is 5.92 Å². The summed E-state index contributed by atoms with van der Waals surface area (Å²) in [5.74, 6) is 0.375. The number of carbonyl (C=O) groups is 1. The molecule has 0 amide bonds. The molecule has 1 heterocycles. The molecule has 1 aliphatic rings. The molecule has 0 spiro atoms. The largest absolute Gasteiger partial charge is 0.465 e. The Bertz CT molecular complexity index is 499. The molecule has 1 fully saturated rings. The van der Waals surface area contributed by atoms with E-state index in [2.05, 4.69) is 17.9 Å². The van der Waals surface area contributed by atoms with Crippen molar-refractivity contribution in [2.45, 2.75) is 33.1 Å². The van der Waals surface area contributed by atoms with E-state index in [0.29, 0.717) is 11.3 Å². The van der Waals surface area contributed by atoms with Crippen LogP contribution in [0.5, 0.6) is 0 Å². The summed E-state index contributed by atoms with van der Waals surface area (Å²) in [4.78, 5) is 14.2. The zero-order valence-electron chi connectivity index (χ0n) is 12.6. The molecule has 110 valence electrons. The maximum Gasteiger partial charge on any atom is 0.340 e. The molecule has 4 nitrogen and oxygen atoms in total. The Kier molecular flexibility index (Phi) is 4.53. The molecule has 1 unspecified atom stereocenters. The number of hydrogen-bond donors (Lipinski definition) is 1. The van der Waals surface area contributed by atoms with E-state index < -0.39 is 0 Å². The molecule has 1 atom stereocenters. The van der Waals surface area contributed by atoms with Crippen molar-refractivity contribution in [3.05, 3.63) is 23.3 Å². The maximum absolute atomic E-state index is 11.8. The van der Waals surface area contributed by atoms with Crippen LogP contribution in [-0.4, -0.2) is 26.2 Å². The number of rotatable bonds is 3. The van der Waals surface area contributed by atoms with Gasteiger partial charge in [0.25, 0.3) is 0 Å². The first kappa shape index (κ1) is 14.7. The van der Waals surface area contributed by atoms with Crippen LogP contribution < -0.4 is 10.6 Å². The standard InChI is InChI=1S/C16H24N2O2/c1-4-12-6-5-7-18(10-12)13-8-11(2)15(17)14(9-13)16(19)20-3/h8-9,12H,4-7,10,17H2,1-3H3. The Morgan fingerprint density at radius 1 is 1.50 bits per heavy atom. The van der Waals surface area contributed by atoms with Gasteiger partial charge in [0.2, 0.25) is 0 Å². The van der Waals surface area contributed by atoms with Crippen LogP contribution >= 0.6 is 0 Å². The fraction of sp³-hybridized carbons (Fsp3) is 0.562. The van der Waals surface area contributed by atoms with Crippen molar-refractivity contribution in [2.75, 3.05) is 30.8 Å². The highest BCUT2D eigenvalue weighted by atomic mass is 16.5. The minimum Gasteiger partial charge on any atom is -0.465 e. The lowest BCUT2D eigenvalue weighted by atomic mass is 9.94. The lowest BCUT2D eigenvalue weighted by Gasteiger charge is -2.34. The van der Waals surface area contributed by atoms with Gasteiger partial charge in [-0.1, -0.05) is 13.3 Å². The molecule has 2 rings (SSSR count). The zero-order chi connectivity index (χ0) is 14.7. The molecular formula is C16H24N2O2. The minimum atomic E-state index is -0.364. The average molecular weight is 276 g/mol. The summed E-state index contributed by atoms with van der Waals surface area (Å²) in [5, 5.41) is 0. The molecule has 1 saturated heterocycles. The van der Waals surface area contributed by atoms with Crippen LogP contribution in [0.4, 0.5) is 11.4 Å². The fourth-order valence-corrected chi connectivity index (χ4v) is 2.87. The van der Waals surface area contributed by atoms with Gasteiger partial charge < -0.3 is 15.4 Å². The Morgan fingerprint density at radius 3 is 2.90 bits per heavy atom. The van der Waals surface area contributed by atoms with Gasteiger partial charge in [0, 0.05) is 24.5 Å². The summed E-state index contributed by atoms with van der Waals surface area (Å²) in [6, 6.07) is 3.94. The summed E-state index contributed by atoms with van der Waals surface area (Å²) in [6.07, 6.45) is 3.70. The van der Waals surface area contributed by atoms with Crippen LogP contribution in [0.1, 0.15) is 42.1 Å². The molecule has 0 aromatic heterocycles. The summed E-state index contributed by atoms with van der Waals surface area (Å²) in [6.45, 7) is 6.27.